The van der Waals surface area contributed by atoms with Gasteiger partial charge in [-0.1, -0.05) is 6.92 Å². The smallest absolute Gasteiger partial charge is 0.277 e. The van der Waals surface area contributed by atoms with Crippen LogP contribution in [0.15, 0.2) is 10.9 Å². The Morgan fingerprint density at radius 3 is 2.81 bits per heavy atom. The van der Waals surface area contributed by atoms with Crippen molar-refractivity contribution in [3.05, 3.63) is 33.4 Å². The van der Waals surface area contributed by atoms with Gasteiger partial charge in [0.25, 0.3) is 5.56 Å². The first kappa shape index (κ1) is 19.5. The first-order valence-electron chi connectivity index (χ1n) is 11.9. The Morgan fingerprint density at radius 2 is 2.03 bits per heavy atom. The largest absolute Gasteiger partial charge is 0.381 e. The van der Waals surface area contributed by atoms with Crippen molar-refractivity contribution < 1.29 is 9.53 Å². The molecule has 4 aliphatic rings. The summed E-state index contributed by atoms with van der Waals surface area (Å²) in [6.45, 7) is 6.18. The van der Waals surface area contributed by atoms with E-state index in [9.17, 15) is 9.59 Å². The summed E-state index contributed by atoms with van der Waals surface area (Å²) >= 11 is 0. The van der Waals surface area contributed by atoms with Gasteiger partial charge in [-0.05, 0) is 38.0 Å². The lowest BCUT2D eigenvalue weighted by atomic mass is 10.0. The molecule has 6 rings (SSSR count). The maximum absolute atomic E-state index is 13.4. The first-order valence-corrected chi connectivity index (χ1v) is 11.9. The number of ether oxygens (including phenoxy) is 1. The zero-order chi connectivity index (χ0) is 21.1. The summed E-state index contributed by atoms with van der Waals surface area (Å²) in [4.78, 5) is 35.6. The second kappa shape index (κ2) is 7.45. The number of rotatable bonds is 3. The zero-order valence-electron chi connectivity index (χ0n) is 18.2. The fraction of sp³-hybridized carbons (Fsp3) is 0.696. The predicted molar refractivity (Wildman–Crippen MR) is 115 cm³/mol. The average Bonchev–Trinajstić information content (AvgIpc) is 3.18. The van der Waals surface area contributed by atoms with Gasteiger partial charge in [0.1, 0.15) is 0 Å². The Kier molecular flexibility index (Phi) is 4.68. The molecule has 3 fully saturated rings. The van der Waals surface area contributed by atoms with E-state index < -0.39 is 0 Å². The minimum atomic E-state index is 0.00898. The normalized spacial score (nSPS) is 29.5. The zero-order valence-corrected chi connectivity index (χ0v) is 18.2. The molecule has 0 spiro atoms. The Hall–Kier alpha value is -2.19. The SMILES string of the molecule is C[C@@H]1C[C@@H]1C(=O)N1CCC[C@@H]1c1cc2nc3c(c(=O)n2[nH]1)CN(C1CCOCC1)CC3. The molecular formula is C23H31N5O3. The summed E-state index contributed by atoms with van der Waals surface area (Å²) in [6, 6.07) is 2.50. The highest BCUT2D eigenvalue weighted by Gasteiger charge is 2.44. The molecule has 1 saturated carbocycles. The van der Waals surface area contributed by atoms with Crippen LogP contribution in [0.25, 0.3) is 5.65 Å². The molecule has 2 aromatic rings. The van der Waals surface area contributed by atoms with Gasteiger partial charge in [-0.25, -0.2) is 9.50 Å². The minimum Gasteiger partial charge on any atom is -0.381 e. The number of amides is 1. The third-order valence-electron chi connectivity index (χ3n) is 7.84. The van der Waals surface area contributed by atoms with Gasteiger partial charge in [0.2, 0.25) is 5.91 Å². The maximum Gasteiger partial charge on any atom is 0.277 e. The number of aromatic nitrogens is 3. The standard InChI is InChI=1S/C23H31N5O3/c1-14-11-16(14)22(29)27-7-2-3-20(27)19-12-21-24-18-4-8-26(15-5-9-31-10-6-15)13-17(18)23(30)28(21)25-19/h12,14-16,20,25H,2-11,13H2,1H3/t14-,16+,20-/m1/s1. The van der Waals surface area contributed by atoms with Crippen molar-refractivity contribution in [3.63, 3.8) is 0 Å². The van der Waals surface area contributed by atoms with Crippen molar-refractivity contribution in [1.29, 1.82) is 0 Å². The van der Waals surface area contributed by atoms with Gasteiger partial charge >= 0.3 is 0 Å². The number of aromatic amines is 1. The third-order valence-corrected chi connectivity index (χ3v) is 7.84. The summed E-state index contributed by atoms with van der Waals surface area (Å²) < 4.78 is 7.10. The molecule has 3 atom stereocenters. The van der Waals surface area contributed by atoms with E-state index in [0.29, 0.717) is 24.2 Å². The summed E-state index contributed by atoms with van der Waals surface area (Å²) in [6.07, 6.45) is 5.82. The lowest BCUT2D eigenvalue weighted by Crippen LogP contribution is -2.44. The molecule has 0 radical (unpaired) electrons. The van der Waals surface area contributed by atoms with E-state index in [1.165, 1.54) is 0 Å². The maximum atomic E-state index is 13.4. The molecule has 3 aliphatic heterocycles. The Bertz CT molecular complexity index is 1070. The van der Waals surface area contributed by atoms with E-state index in [1.807, 2.05) is 11.0 Å². The van der Waals surface area contributed by atoms with Gasteiger partial charge in [0.15, 0.2) is 5.65 Å². The van der Waals surface area contributed by atoms with Gasteiger partial charge in [0, 0.05) is 57.3 Å². The van der Waals surface area contributed by atoms with E-state index in [4.69, 9.17) is 9.72 Å². The van der Waals surface area contributed by atoms with E-state index in [1.54, 1.807) is 4.52 Å². The van der Waals surface area contributed by atoms with Crippen LogP contribution in [0.3, 0.4) is 0 Å². The second-order valence-electron chi connectivity index (χ2n) is 9.82. The molecule has 1 N–H and O–H groups in total. The van der Waals surface area contributed by atoms with Crippen molar-refractivity contribution in [1.82, 2.24) is 24.4 Å². The van der Waals surface area contributed by atoms with Crippen LogP contribution in [0, 0.1) is 11.8 Å². The van der Waals surface area contributed by atoms with E-state index in [-0.39, 0.29) is 23.4 Å². The number of nitrogens with one attached hydrogen (secondary N) is 1. The molecule has 0 bridgehead atoms. The molecule has 8 nitrogen and oxygen atoms in total. The van der Waals surface area contributed by atoms with Crippen LogP contribution in [-0.2, 0) is 22.5 Å². The van der Waals surface area contributed by atoms with Crippen molar-refractivity contribution in [2.75, 3.05) is 26.3 Å². The average molecular weight is 426 g/mol. The number of carbonyl (C=O) groups excluding carboxylic acids is 1. The van der Waals surface area contributed by atoms with E-state index in [2.05, 4.69) is 16.9 Å². The number of hydrogen-bond acceptors (Lipinski definition) is 5. The monoisotopic (exact) mass is 425 g/mol. The molecule has 8 heteroatoms. The summed E-state index contributed by atoms with van der Waals surface area (Å²) in [5, 5.41) is 3.31. The molecule has 1 aliphatic carbocycles. The molecule has 0 aromatic carbocycles. The molecular weight excluding hydrogens is 394 g/mol. The fourth-order valence-corrected chi connectivity index (χ4v) is 5.79. The third kappa shape index (κ3) is 3.31. The first-order chi connectivity index (χ1) is 15.1. The Morgan fingerprint density at radius 1 is 1.23 bits per heavy atom. The van der Waals surface area contributed by atoms with Gasteiger partial charge < -0.3 is 9.64 Å². The number of carbonyl (C=O) groups is 1. The van der Waals surface area contributed by atoms with Crippen molar-refractivity contribution in [3.8, 4) is 0 Å². The molecule has 5 heterocycles. The molecule has 31 heavy (non-hydrogen) atoms. The highest BCUT2D eigenvalue weighted by molar-refractivity contribution is 5.82. The number of hydrogen-bond donors (Lipinski definition) is 1. The van der Waals surface area contributed by atoms with Crippen LogP contribution >= 0.6 is 0 Å². The summed E-state index contributed by atoms with van der Waals surface area (Å²) in [5.74, 6) is 0.973. The van der Waals surface area contributed by atoms with Crippen LogP contribution in [0.1, 0.15) is 62.0 Å². The quantitative estimate of drug-likeness (QED) is 0.812. The van der Waals surface area contributed by atoms with Gasteiger partial charge in [-0.15, -0.1) is 0 Å². The van der Waals surface area contributed by atoms with Crippen LogP contribution in [0.4, 0.5) is 0 Å². The number of likely N-dealkylation sites (tertiary alicyclic amines) is 1. The lowest BCUT2D eigenvalue weighted by molar-refractivity contribution is -0.133. The number of fused-ring (bicyclic) bond motifs is 2. The van der Waals surface area contributed by atoms with Crippen LogP contribution in [0.2, 0.25) is 0 Å². The highest BCUT2D eigenvalue weighted by atomic mass is 16.5. The topological polar surface area (TPSA) is 82.9 Å². The van der Waals surface area contributed by atoms with Crippen molar-refractivity contribution in [2.45, 2.75) is 64.1 Å². The molecule has 2 aromatic heterocycles. The van der Waals surface area contributed by atoms with E-state index in [0.717, 1.165) is 81.8 Å². The Balaban J connectivity index is 1.30. The van der Waals surface area contributed by atoms with Crippen LogP contribution in [0.5, 0.6) is 0 Å². The highest BCUT2D eigenvalue weighted by Crippen LogP contribution is 2.43. The lowest BCUT2D eigenvalue weighted by Gasteiger charge is -2.36. The predicted octanol–water partition coefficient (Wildman–Crippen LogP) is 1.88. The van der Waals surface area contributed by atoms with Gasteiger partial charge in [0.05, 0.1) is 23.0 Å². The second-order valence-corrected chi connectivity index (χ2v) is 9.82. The van der Waals surface area contributed by atoms with Gasteiger partial charge in [-0.3, -0.25) is 19.6 Å². The molecule has 2 saturated heterocycles. The summed E-state index contributed by atoms with van der Waals surface area (Å²) in [5.41, 5.74) is 3.37. The van der Waals surface area contributed by atoms with E-state index >= 15 is 0 Å². The minimum absolute atomic E-state index is 0.00898. The fourth-order valence-electron chi connectivity index (χ4n) is 5.79. The van der Waals surface area contributed by atoms with Crippen LogP contribution < -0.4 is 5.56 Å². The molecule has 166 valence electrons. The molecule has 0 unspecified atom stereocenters. The van der Waals surface area contributed by atoms with Crippen molar-refractivity contribution in [2.24, 2.45) is 11.8 Å². The number of H-pyrrole nitrogens is 1. The Labute approximate surface area is 181 Å². The van der Waals surface area contributed by atoms with Gasteiger partial charge in [-0.2, -0.15) is 0 Å². The van der Waals surface area contributed by atoms with Crippen molar-refractivity contribution >= 4 is 11.6 Å². The summed E-state index contributed by atoms with van der Waals surface area (Å²) in [7, 11) is 0. The number of nitrogens with zero attached hydrogens (tertiary/aromatic N) is 4. The van der Waals surface area contributed by atoms with Crippen LogP contribution in [-0.4, -0.2) is 62.7 Å². The molecule has 1 amide bonds.